The van der Waals surface area contributed by atoms with Gasteiger partial charge in [-0.1, -0.05) is 0 Å². The van der Waals surface area contributed by atoms with Crippen molar-refractivity contribution in [2.45, 2.75) is 77.9 Å². The van der Waals surface area contributed by atoms with E-state index >= 15 is 0 Å². The highest BCUT2D eigenvalue weighted by Crippen LogP contribution is 2.38. The van der Waals surface area contributed by atoms with Crippen molar-refractivity contribution in [2.24, 2.45) is 5.92 Å². The van der Waals surface area contributed by atoms with E-state index in [4.69, 9.17) is 0 Å². The summed E-state index contributed by atoms with van der Waals surface area (Å²) < 4.78 is 0. The average Bonchev–Trinajstić information content (AvgIpc) is 2.50. The van der Waals surface area contributed by atoms with Crippen LogP contribution < -0.4 is 0 Å². The maximum Gasteiger partial charge on any atom is 0.246 e. The molecule has 2 saturated heterocycles. The second-order valence-electron chi connectivity index (χ2n) is 8.15. The highest BCUT2D eigenvalue weighted by atomic mass is 16.2. The Morgan fingerprint density at radius 3 is 2.10 bits per heavy atom. The van der Waals surface area contributed by atoms with Gasteiger partial charge in [0.25, 0.3) is 0 Å². The van der Waals surface area contributed by atoms with Gasteiger partial charge < -0.3 is 9.80 Å². The van der Waals surface area contributed by atoms with Gasteiger partial charge in [0.1, 0.15) is 6.04 Å². The molecule has 2 unspecified atom stereocenters. The molecule has 2 atom stereocenters. The van der Waals surface area contributed by atoms with Crippen molar-refractivity contribution in [2.75, 3.05) is 6.54 Å². The van der Waals surface area contributed by atoms with Gasteiger partial charge in [-0.15, -0.1) is 0 Å². The summed E-state index contributed by atoms with van der Waals surface area (Å²) in [6.07, 6.45) is 2.50. The van der Waals surface area contributed by atoms with E-state index in [1.54, 1.807) is 0 Å². The van der Waals surface area contributed by atoms with E-state index in [0.717, 1.165) is 19.4 Å². The first-order valence-electron chi connectivity index (χ1n) is 7.67. The molecular weight excluding hydrogens is 252 g/mol. The third kappa shape index (κ3) is 2.57. The standard InChI is InChI=1S/C16H28N2O2/c1-15(2,3)17-9-7-8-11-10-12(19)18(16(4,5)6)13(11)14(17)20/h11,13H,7-10H2,1-6H3. The van der Waals surface area contributed by atoms with Gasteiger partial charge >= 0.3 is 0 Å². The van der Waals surface area contributed by atoms with E-state index in [9.17, 15) is 9.59 Å². The highest BCUT2D eigenvalue weighted by molar-refractivity contribution is 5.92. The Hall–Kier alpha value is -1.06. The minimum atomic E-state index is -0.292. The van der Waals surface area contributed by atoms with Crippen LogP contribution in [-0.4, -0.2) is 45.3 Å². The van der Waals surface area contributed by atoms with Crippen LogP contribution in [-0.2, 0) is 9.59 Å². The zero-order valence-electron chi connectivity index (χ0n) is 13.7. The lowest BCUT2D eigenvalue weighted by Crippen LogP contribution is -2.57. The summed E-state index contributed by atoms with van der Waals surface area (Å²) in [7, 11) is 0. The molecule has 0 aromatic heterocycles. The van der Waals surface area contributed by atoms with Crippen LogP contribution in [0.5, 0.6) is 0 Å². The third-order valence-electron chi connectivity index (χ3n) is 4.44. The quantitative estimate of drug-likeness (QED) is 0.684. The van der Waals surface area contributed by atoms with Crippen LogP contribution in [0.4, 0.5) is 0 Å². The maximum absolute atomic E-state index is 13.0. The van der Waals surface area contributed by atoms with E-state index in [0.29, 0.717) is 6.42 Å². The molecule has 0 bridgehead atoms. The average molecular weight is 280 g/mol. The van der Waals surface area contributed by atoms with Crippen molar-refractivity contribution in [1.29, 1.82) is 0 Å². The van der Waals surface area contributed by atoms with Crippen LogP contribution in [0, 0.1) is 5.92 Å². The Kier molecular flexibility index (Phi) is 3.64. The van der Waals surface area contributed by atoms with Crippen molar-refractivity contribution in [3.63, 3.8) is 0 Å². The van der Waals surface area contributed by atoms with Gasteiger partial charge in [0.2, 0.25) is 11.8 Å². The molecule has 2 heterocycles. The number of hydrogen-bond acceptors (Lipinski definition) is 2. The molecule has 4 nitrogen and oxygen atoms in total. The predicted molar refractivity (Wildman–Crippen MR) is 79.2 cm³/mol. The molecule has 4 heteroatoms. The van der Waals surface area contributed by atoms with Crippen LogP contribution in [0.15, 0.2) is 0 Å². The molecule has 2 aliphatic heterocycles. The van der Waals surface area contributed by atoms with Gasteiger partial charge in [-0.05, 0) is 60.3 Å². The van der Waals surface area contributed by atoms with Crippen LogP contribution in [0.25, 0.3) is 0 Å². The predicted octanol–water partition coefficient (Wildman–Crippen LogP) is 2.42. The second kappa shape index (κ2) is 4.74. The van der Waals surface area contributed by atoms with Gasteiger partial charge in [-0.2, -0.15) is 0 Å². The molecule has 0 spiro atoms. The van der Waals surface area contributed by atoms with Crippen LogP contribution in [0.3, 0.4) is 0 Å². The minimum Gasteiger partial charge on any atom is -0.336 e. The summed E-state index contributed by atoms with van der Waals surface area (Å²) in [5, 5.41) is 0. The highest BCUT2D eigenvalue weighted by Gasteiger charge is 2.51. The molecule has 2 amide bonds. The van der Waals surface area contributed by atoms with E-state index in [-0.39, 0.29) is 34.9 Å². The zero-order chi connectivity index (χ0) is 15.3. The van der Waals surface area contributed by atoms with Gasteiger partial charge in [0.15, 0.2) is 0 Å². The van der Waals surface area contributed by atoms with Crippen molar-refractivity contribution in [3.05, 3.63) is 0 Å². The molecule has 0 aromatic carbocycles. The van der Waals surface area contributed by atoms with E-state index < -0.39 is 0 Å². The molecule has 0 saturated carbocycles. The topological polar surface area (TPSA) is 40.6 Å². The molecule has 0 aliphatic carbocycles. The Morgan fingerprint density at radius 1 is 1.00 bits per heavy atom. The fourth-order valence-corrected chi connectivity index (χ4v) is 3.61. The first-order valence-corrected chi connectivity index (χ1v) is 7.67. The summed E-state index contributed by atoms with van der Waals surface area (Å²) in [6.45, 7) is 13.1. The lowest BCUT2D eigenvalue weighted by Gasteiger charge is -2.42. The Bertz CT molecular complexity index is 417. The van der Waals surface area contributed by atoms with Crippen molar-refractivity contribution in [1.82, 2.24) is 9.80 Å². The molecule has 2 fully saturated rings. The number of nitrogens with zero attached hydrogens (tertiary/aromatic N) is 2. The second-order valence-corrected chi connectivity index (χ2v) is 8.15. The molecular formula is C16H28N2O2. The molecule has 2 aliphatic rings. The van der Waals surface area contributed by atoms with E-state index in [1.807, 2.05) is 30.6 Å². The van der Waals surface area contributed by atoms with Gasteiger partial charge in [-0.25, -0.2) is 0 Å². The summed E-state index contributed by atoms with van der Waals surface area (Å²) in [5.41, 5.74) is -0.471. The van der Waals surface area contributed by atoms with Crippen molar-refractivity contribution < 1.29 is 9.59 Å². The lowest BCUT2D eigenvalue weighted by molar-refractivity contribution is -0.148. The number of rotatable bonds is 0. The smallest absolute Gasteiger partial charge is 0.246 e. The fraction of sp³-hybridized carbons (Fsp3) is 0.875. The molecule has 0 radical (unpaired) electrons. The Balaban J connectivity index is 2.38. The molecule has 0 N–H and O–H groups in total. The number of amides is 2. The normalized spacial score (nSPS) is 28.7. The number of fused-ring (bicyclic) bond motifs is 1. The molecule has 114 valence electrons. The summed E-state index contributed by atoms with van der Waals surface area (Å²) in [4.78, 5) is 29.2. The van der Waals surface area contributed by atoms with Crippen LogP contribution >= 0.6 is 0 Å². The molecule has 20 heavy (non-hydrogen) atoms. The largest absolute Gasteiger partial charge is 0.336 e. The monoisotopic (exact) mass is 280 g/mol. The van der Waals surface area contributed by atoms with Gasteiger partial charge in [0, 0.05) is 24.0 Å². The fourth-order valence-electron chi connectivity index (χ4n) is 3.61. The number of carbonyl (C=O) groups excluding carboxylic acids is 2. The Morgan fingerprint density at radius 2 is 1.60 bits per heavy atom. The summed E-state index contributed by atoms with van der Waals surface area (Å²) >= 11 is 0. The lowest BCUT2D eigenvalue weighted by atomic mass is 9.93. The van der Waals surface area contributed by atoms with E-state index in [1.165, 1.54) is 0 Å². The van der Waals surface area contributed by atoms with Gasteiger partial charge in [0.05, 0.1) is 0 Å². The zero-order valence-corrected chi connectivity index (χ0v) is 13.7. The first kappa shape index (κ1) is 15.3. The Labute approximate surface area is 122 Å². The number of carbonyl (C=O) groups is 2. The maximum atomic E-state index is 13.0. The molecule has 0 aromatic rings. The van der Waals surface area contributed by atoms with Crippen LogP contribution in [0.1, 0.15) is 60.8 Å². The number of likely N-dealkylation sites (tertiary alicyclic amines) is 2. The van der Waals surface area contributed by atoms with Crippen molar-refractivity contribution in [3.8, 4) is 0 Å². The van der Waals surface area contributed by atoms with Crippen molar-refractivity contribution >= 4 is 11.8 Å². The van der Waals surface area contributed by atoms with E-state index in [2.05, 4.69) is 20.8 Å². The summed E-state index contributed by atoms with van der Waals surface area (Å²) in [5.74, 6) is 0.471. The molecule has 2 rings (SSSR count). The van der Waals surface area contributed by atoms with Crippen LogP contribution in [0.2, 0.25) is 0 Å². The third-order valence-corrected chi connectivity index (χ3v) is 4.44. The minimum absolute atomic E-state index is 0.136. The van der Waals surface area contributed by atoms with Gasteiger partial charge in [-0.3, -0.25) is 9.59 Å². The number of hydrogen-bond donors (Lipinski definition) is 0. The SMILES string of the molecule is CC(C)(C)N1CCCC2CC(=O)N(C(C)(C)C)C2C1=O. The first-order chi connectivity index (χ1) is 9.03. The summed E-state index contributed by atoms with van der Waals surface area (Å²) in [6, 6.07) is -0.260.